The Morgan fingerprint density at radius 1 is 1.29 bits per heavy atom. The van der Waals surface area contributed by atoms with Gasteiger partial charge in [0.1, 0.15) is 0 Å². The SMILES string of the molecule is Nc1cc(Cl)ccc1NC(=O)COc1cccc(Cl)c1F. The van der Waals surface area contributed by atoms with Crippen molar-refractivity contribution < 1.29 is 13.9 Å². The van der Waals surface area contributed by atoms with Gasteiger partial charge in [-0.3, -0.25) is 4.79 Å². The number of amides is 1. The minimum absolute atomic E-state index is 0.0742. The number of nitrogen functional groups attached to an aromatic ring is 1. The third kappa shape index (κ3) is 4.00. The molecule has 0 saturated carbocycles. The second-order valence-electron chi connectivity index (χ2n) is 4.12. The summed E-state index contributed by atoms with van der Waals surface area (Å²) in [6.45, 7) is -0.376. The first-order valence-electron chi connectivity index (χ1n) is 5.89. The van der Waals surface area contributed by atoms with Gasteiger partial charge in [-0.25, -0.2) is 4.39 Å². The summed E-state index contributed by atoms with van der Waals surface area (Å²) in [6.07, 6.45) is 0. The topological polar surface area (TPSA) is 64.3 Å². The van der Waals surface area contributed by atoms with Crippen LogP contribution >= 0.6 is 23.2 Å². The maximum Gasteiger partial charge on any atom is 0.262 e. The average Bonchev–Trinajstić information content (AvgIpc) is 2.43. The third-order valence-corrected chi connectivity index (χ3v) is 3.09. The van der Waals surface area contributed by atoms with Crippen LogP contribution in [0.4, 0.5) is 15.8 Å². The van der Waals surface area contributed by atoms with E-state index in [1.165, 1.54) is 24.3 Å². The maximum absolute atomic E-state index is 13.6. The first kappa shape index (κ1) is 15.4. The second-order valence-corrected chi connectivity index (χ2v) is 4.96. The van der Waals surface area contributed by atoms with Gasteiger partial charge in [-0.1, -0.05) is 29.3 Å². The number of carbonyl (C=O) groups is 1. The molecule has 0 aliphatic heterocycles. The first-order valence-corrected chi connectivity index (χ1v) is 6.64. The van der Waals surface area contributed by atoms with E-state index in [0.29, 0.717) is 16.4 Å². The Labute approximate surface area is 130 Å². The summed E-state index contributed by atoms with van der Waals surface area (Å²) in [7, 11) is 0. The molecule has 1 amide bonds. The second kappa shape index (κ2) is 6.65. The van der Waals surface area contributed by atoms with E-state index in [1.54, 1.807) is 12.1 Å². The van der Waals surface area contributed by atoms with Crippen LogP contribution < -0.4 is 15.8 Å². The van der Waals surface area contributed by atoms with Crippen molar-refractivity contribution in [2.45, 2.75) is 0 Å². The van der Waals surface area contributed by atoms with E-state index in [-0.39, 0.29) is 17.4 Å². The Morgan fingerprint density at radius 3 is 2.76 bits per heavy atom. The zero-order valence-electron chi connectivity index (χ0n) is 10.7. The maximum atomic E-state index is 13.6. The molecule has 3 N–H and O–H groups in total. The highest BCUT2D eigenvalue weighted by molar-refractivity contribution is 6.31. The quantitative estimate of drug-likeness (QED) is 0.840. The molecule has 4 nitrogen and oxygen atoms in total. The predicted octanol–water partition coefficient (Wildman–Crippen LogP) is 3.73. The lowest BCUT2D eigenvalue weighted by atomic mass is 10.2. The number of carbonyl (C=O) groups excluding carboxylic acids is 1. The van der Waals surface area contributed by atoms with Gasteiger partial charge >= 0.3 is 0 Å². The van der Waals surface area contributed by atoms with Gasteiger partial charge in [0.05, 0.1) is 16.4 Å². The molecule has 0 bridgehead atoms. The predicted molar refractivity (Wildman–Crippen MR) is 81.4 cm³/mol. The molecule has 0 radical (unpaired) electrons. The van der Waals surface area contributed by atoms with Crippen LogP contribution in [0.25, 0.3) is 0 Å². The minimum atomic E-state index is -0.710. The number of nitrogens with one attached hydrogen (secondary N) is 1. The van der Waals surface area contributed by atoms with Crippen molar-refractivity contribution in [1.82, 2.24) is 0 Å². The highest BCUT2D eigenvalue weighted by atomic mass is 35.5. The van der Waals surface area contributed by atoms with E-state index in [2.05, 4.69) is 5.32 Å². The number of halogens is 3. The molecule has 0 fully saturated rings. The molecule has 2 aromatic carbocycles. The van der Waals surface area contributed by atoms with Gasteiger partial charge in [0.2, 0.25) is 0 Å². The molecule has 110 valence electrons. The molecule has 21 heavy (non-hydrogen) atoms. The van der Waals surface area contributed by atoms with Crippen LogP contribution in [0.1, 0.15) is 0 Å². The van der Waals surface area contributed by atoms with Crippen LogP contribution in [0.2, 0.25) is 10.0 Å². The Kier molecular flexibility index (Phi) is 4.88. The number of rotatable bonds is 4. The molecular weight excluding hydrogens is 318 g/mol. The summed E-state index contributed by atoms with van der Waals surface area (Å²) < 4.78 is 18.6. The number of benzene rings is 2. The summed E-state index contributed by atoms with van der Waals surface area (Å²) in [6, 6.07) is 8.95. The van der Waals surface area contributed by atoms with E-state index in [1.807, 2.05) is 0 Å². The molecule has 0 spiro atoms. The Hall–Kier alpha value is -1.98. The summed E-state index contributed by atoms with van der Waals surface area (Å²) >= 11 is 11.4. The molecule has 0 aliphatic rings. The Bertz CT molecular complexity index is 680. The molecule has 2 rings (SSSR count). The molecule has 0 saturated heterocycles. The first-order chi connectivity index (χ1) is 9.97. The molecule has 2 aromatic rings. The standard InChI is InChI=1S/C14H11Cl2FN2O2/c15-8-4-5-11(10(18)6-8)19-13(20)7-21-12-3-1-2-9(16)14(12)17/h1-6H,7,18H2,(H,19,20). The van der Waals surface area contributed by atoms with Gasteiger partial charge < -0.3 is 15.8 Å². The van der Waals surface area contributed by atoms with Crippen LogP contribution in [0.15, 0.2) is 36.4 Å². The number of nitrogens with two attached hydrogens (primary N) is 1. The highest BCUT2D eigenvalue weighted by Gasteiger charge is 2.10. The Morgan fingerprint density at radius 2 is 2.05 bits per heavy atom. The van der Waals surface area contributed by atoms with Crippen molar-refractivity contribution >= 4 is 40.5 Å². The zero-order chi connectivity index (χ0) is 15.4. The number of anilines is 2. The normalized spacial score (nSPS) is 10.2. The van der Waals surface area contributed by atoms with Crippen LogP contribution in [0.3, 0.4) is 0 Å². The van der Waals surface area contributed by atoms with Crippen molar-refractivity contribution in [2.75, 3.05) is 17.7 Å². The summed E-state index contributed by atoms with van der Waals surface area (Å²) in [5.74, 6) is -1.29. The number of hydrogen-bond acceptors (Lipinski definition) is 3. The van der Waals surface area contributed by atoms with Gasteiger partial charge in [-0.15, -0.1) is 0 Å². The lowest BCUT2D eigenvalue weighted by Gasteiger charge is -2.10. The van der Waals surface area contributed by atoms with E-state index in [9.17, 15) is 9.18 Å². The van der Waals surface area contributed by atoms with Crippen LogP contribution in [-0.2, 0) is 4.79 Å². The van der Waals surface area contributed by atoms with Gasteiger partial charge in [-0.05, 0) is 30.3 Å². The van der Waals surface area contributed by atoms with E-state index in [4.69, 9.17) is 33.7 Å². The largest absolute Gasteiger partial charge is 0.481 e. The fourth-order valence-corrected chi connectivity index (χ4v) is 1.92. The van der Waals surface area contributed by atoms with Gasteiger partial charge in [0.15, 0.2) is 18.2 Å². The molecular formula is C14H11Cl2FN2O2. The molecule has 0 aliphatic carbocycles. The Balaban J connectivity index is 1.97. The smallest absolute Gasteiger partial charge is 0.262 e. The zero-order valence-corrected chi connectivity index (χ0v) is 12.2. The van der Waals surface area contributed by atoms with Crippen molar-refractivity contribution in [3.8, 4) is 5.75 Å². The van der Waals surface area contributed by atoms with E-state index >= 15 is 0 Å². The van der Waals surface area contributed by atoms with Crippen molar-refractivity contribution in [1.29, 1.82) is 0 Å². The van der Waals surface area contributed by atoms with Gasteiger partial charge in [-0.2, -0.15) is 0 Å². The summed E-state index contributed by atoms with van der Waals surface area (Å²) in [5, 5.41) is 2.93. The molecule has 0 aromatic heterocycles. The fraction of sp³-hybridized carbons (Fsp3) is 0.0714. The lowest BCUT2D eigenvalue weighted by Crippen LogP contribution is -2.21. The fourth-order valence-electron chi connectivity index (χ4n) is 1.57. The minimum Gasteiger partial charge on any atom is -0.481 e. The molecule has 7 heteroatoms. The molecule has 0 atom stereocenters. The van der Waals surface area contributed by atoms with Crippen molar-refractivity contribution in [3.05, 3.63) is 52.3 Å². The van der Waals surface area contributed by atoms with E-state index in [0.717, 1.165) is 0 Å². The van der Waals surface area contributed by atoms with Crippen molar-refractivity contribution in [3.63, 3.8) is 0 Å². The molecule has 0 heterocycles. The van der Waals surface area contributed by atoms with E-state index < -0.39 is 11.7 Å². The lowest BCUT2D eigenvalue weighted by molar-refractivity contribution is -0.118. The summed E-state index contributed by atoms with van der Waals surface area (Å²) in [5.41, 5.74) is 6.43. The number of hydrogen-bond donors (Lipinski definition) is 2. The van der Waals surface area contributed by atoms with Crippen LogP contribution in [0.5, 0.6) is 5.75 Å². The number of ether oxygens (including phenoxy) is 1. The third-order valence-electron chi connectivity index (χ3n) is 2.56. The van der Waals surface area contributed by atoms with Crippen LogP contribution in [0, 0.1) is 5.82 Å². The van der Waals surface area contributed by atoms with Crippen molar-refractivity contribution in [2.24, 2.45) is 0 Å². The van der Waals surface area contributed by atoms with Gasteiger partial charge in [0, 0.05) is 5.02 Å². The average molecular weight is 329 g/mol. The van der Waals surface area contributed by atoms with Crippen LogP contribution in [-0.4, -0.2) is 12.5 Å². The van der Waals surface area contributed by atoms with Gasteiger partial charge in [0.25, 0.3) is 5.91 Å². The monoisotopic (exact) mass is 328 g/mol. The highest BCUT2D eigenvalue weighted by Crippen LogP contribution is 2.25. The summed E-state index contributed by atoms with van der Waals surface area (Å²) in [4.78, 5) is 11.7. The molecule has 0 unspecified atom stereocenters.